The number of rotatable bonds is 4. The highest BCUT2D eigenvalue weighted by Crippen LogP contribution is 2.24. The fourth-order valence-electron chi connectivity index (χ4n) is 1.59. The lowest BCUT2D eigenvalue weighted by molar-refractivity contribution is 0.293. The minimum atomic E-state index is 0.299. The smallest absolute Gasteiger partial charge is 0.219 e. The molecule has 1 aromatic heterocycles. The largest absolute Gasteiger partial charge is 0.487 e. The minimum Gasteiger partial charge on any atom is -0.487 e. The molecule has 2 rings (SSSR count). The molecule has 0 aliphatic carbocycles. The molecular weight excluding hydrogens is 308 g/mol. The molecule has 0 aliphatic heterocycles. The summed E-state index contributed by atoms with van der Waals surface area (Å²) in [7, 11) is 1.56. The monoisotopic (exact) mass is 318 g/mol. The van der Waals surface area contributed by atoms with Crippen LogP contribution < -0.4 is 9.47 Å². The van der Waals surface area contributed by atoms with E-state index in [0.29, 0.717) is 23.8 Å². The number of nitrogens with zero attached hydrogens (tertiary/aromatic N) is 2. The van der Waals surface area contributed by atoms with Crippen LogP contribution in [0.2, 0.25) is 0 Å². The maximum atomic E-state index is 9.05. The van der Waals surface area contributed by atoms with Gasteiger partial charge in [-0.25, -0.2) is 4.98 Å². The highest BCUT2D eigenvalue weighted by Gasteiger charge is 2.07. The van der Waals surface area contributed by atoms with Gasteiger partial charge in [-0.2, -0.15) is 5.26 Å². The van der Waals surface area contributed by atoms with Gasteiger partial charge in [-0.15, -0.1) is 0 Å². The van der Waals surface area contributed by atoms with Crippen molar-refractivity contribution in [2.24, 2.45) is 0 Å². The van der Waals surface area contributed by atoms with Gasteiger partial charge in [0.25, 0.3) is 0 Å². The van der Waals surface area contributed by atoms with Crippen LogP contribution in [0, 0.1) is 11.3 Å². The van der Waals surface area contributed by atoms with Crippen molar-refractivity contribution < 1.29 is 9.47 Å². The second-order valence-corrected chi connectivity index (χ2v) is 4.63. The first-order chi connectivity index (χ1) is 9.24. The van der Waals surface area contributed by atoms with Crippen LogP contribution in [0.5, 0.6) is 11.6 Å². The molecule has 0 saturated carbocycles. The van der Waals surface area contributed by atoms with Gasteiger partial charge in [-0.1, -0.05) is 15.9 Å². The molecule has 1 aromatic carbocycles. The van der Waals surface area contributed by atoms with Crippen LogP contribution in [0.3, 0.4) is 0 Å². The molecule has 0 amide bonds. The summed E-state index contributed by atoms with van der Waals surface area (Å²) in [5.41, 5.74) is 1.31. The summed E-state index contributed by atoms with van der Waals surface area (Å²) in [6.07, 6.45) is 1.66. The maximum absolute atomic E-state index is 9.05. The lowest BCUT2D eigenvalue weighted by Gasteiger charge is -2.10. The van der Waals surface area contributed by atoms with Crippen molar-refractivity contribution in [2.75, 3.05) is 7.11 Å². The number of hydrogen-bond acceptors (Lipinski definition) is 4. The van der Waals surface area contributed by atoms with Crippen molar-refractivity contribution in [2.45, 2.75) is 6.61 Å². The van der Waals surface area contributed by atoms with Crippen LogP contribution in [-0.2, 0) is 6.61 Å². The third-order valence-electron chi connectivity index (χ3n) is 2.49. The summed E-state index contributed by atoms with van der Waals surface area (Å²) in [6.45, 7) is 0.299. The normalized spacial score (nSPS) is 9.74. The van der Waals surface area contributed by atoms with Crippen molar-refractivity contribution in [3.8, 4) is 17.7 Å². The van der Waals surface area contributed by atoms with Gasteiger partial charge in [0.15, 0.2) is 0 Å². The van der Waals surface area contributed by atoms with Gasteiger partial charge < -0.3 is 9.47 Å². The first kappa shape index (κ1) is 13.4. The molecule has 2 aromatic rings. The van der Waals surface area contributed by atoms with E-state index in [9.17, 15) is 0 Å². The summed E-state index contributed by atoms with van der Waals surface area (Å²) >= 11 is 3.32. The molecular formula is C14H11BrN2O2. The Morgan fingerprint density at radius 1 is 1.37 bits per heavy atom. The van der Waals surface area contributed by atoms with Crippen molar-refractivity contribution >= 4 is 15.9 Å². The highest BCUT2D eigenvalue weighted by atomic mass is 79.9. The number of ether oxygens (including phenoxy) is 2. The Morgan fingerprint density at radius 2 is 2.21 bits per heavy atom. The van der Waals surface area contributed by atoms with Crippen molar-refractivity contribution in [1.29, 1.82) is 5.26 Å². The fraction of sp³-hybridized carbons (Fsp3) is 0.143. The van der Waals surface area contributed by atoms with Gasteiger partial charge in [0.05, 0.1) is 18.2 Å². The van der Waals surface area contributed by atoms with E-state index < -0.39 is 0 Å². The molecule has 5 heteroatoms. The zero-order valence-corrected chi connectivity index (χ0v) is 11.8. The Hall–Kier alpha value is -2.06. The minimum absolute atomic E-state index is 0.299. The Labute approximate surface area is 119 Å². The van der Waals surface area contributed by atoms with E-state index in [0.717, 1.165) is 10.0 Å². The number of benzene rings is 1. The maximum Gasteiger partial charge on any atom is 0.219 e. The van der Waals surface area contributed by atoms with E-state index in [1.807, 2.05) is 18.2 Å². The van der Waals surface area contributed by atoms with Crippen molar-refractivity contribution in [3.05, 3.63) is 52.1 Å². The van der Waals surface area contributed by atoms with E-state index in [4.69, 9.17) is 14.7 Å². The van der Waals surface area contributed by atoms with Gasteiger partial charge in [0, 0.05) is 10.7 Å². The van der Waals surface area contributed by atoms with E-state index in [-0.39, 0.29) is 0 Å². The molecule has 19 heavy (non-hydrogen) atoms. The van der Waals surface area contributed by atoms with Gasteiger partial charge in [0.2, 0.25) is 5.88 Å². The highest BCUT2D eigenvalue weighted by molar-refractivity contribution is 9.10. The summed E-state index contributed by atoms with van der Waals surface area (Å²) in [6, 6.07) is 11.1. The van der Waals surface area contributed by atoms with E-state index in [2.05, 4.69) is 27.0 Å². The van der Waals surface area contributed by atoms with Crippen LogP contribution in [0.25, 0.3) is 0 Å². The third kappa shape index (κ3) is 3.24. The molecule has 0 aliphatic rings. The van der Waals surface area contributed by atoms with Crippen molar-refractivity contribution in [1.82, 2.24) is 4.98 Å². The molecule has 0 saturated heterocycles. The molecule has 96 valence electrons. The number of pyridine rings is 1. The standard InChI is InChI=1S/C14H11BrN2O2/c1-18-14-10(3-2-6-17-14)9-19-13-5-4-12(15)7-11(13)8-16/h2-7H,9H2,1H3. The third-order valence-corrected chi connectivity index (χ3v) is 2.98. The summed E-state index contributed by atoms with van der Waals surface area (Å²) in [5.74, 6) is 1.06. The fourth-order valence-corrected chi connectivity index (χ4v) is 1.95. The lowest BCUT2D eigenvalue weighted by Crippen LogP contribution is -2.01. The summed E-state index contributed by atoms with van der Waals surface area (Å²) in [4.78, 5) is 4.09. The molecule has 0 bridgehead atoms. The Kier molecular flexibility index (Phi) is 4.37. The van der Waals surface area contributed by atoms with E-state index in [1.54, 1.807) is 25.4 Å². The van der Waals surface area contributed by atoms with Crippen LogP contribution >= 0.6 is 15.9 Å². The quantitative estimate of drug-likeness (QED) is 0.867. The molecule has 4 nitrogen and oxygen atoms in total. The average Bonchev–Trinajstić information content (AvgIpc) is 2.46. The first-order valence-corrected chi connectivity index (χ1v) is 6.34. The number of halogens is 1. The molecule has 0 atom stereocenters. The van der Waals surface area contributed by atoms with Gasteiger partial charge in [-0.05, 0) is 30.3 Å². The van der Waals surface area contributed by atoms with E-state index >= 15 is 0 Å². The Bertz CT molecular complexity index is 623. The second kappa shape index (κ2) is 6.21. The number of hydrogen-bond donors (Lipinski definition) is 0. The van der Waals surface area contributed by atoms with Crippen LogP contribution in [0.15, 0.2) is 41.0 Å². The molecule has 0 radical (unpaired) electrons. The van der Waals surface area contributed by atoms with Gasteiger partial charge in [-0.3, -0.25) is 0 Å². The predicted molar refractivity (Wildman–Crippen MR) is 74.0 cm³/mol. The molecule has 0 N–H and O–H groups in total. The second-order valence-electron chi connectivity index (χ2n) is 3.71. The predicted octanol–water partition coefficient (Wildman–Crippen LogP) is 3.30. The molecule has 0 spiro atoms. The van der Waals surface area contributed by atoms with E-state index in [1.165, 1.54) is 0 Å². The zero-order chi connectivity index (χ0) is 13.7. The molecule has 1 heterocycles. The SMILES string of the molecule is COc1ncccc1COc1ccc(Br)cc1C#N. The summed E-state index contributed by atoms with van der Waals surface area (Å²) in [5, 5.41) is 9.05. The first-order valence-electron chi connectivity index (χ1n) is 5.55. The van der Waals surface area contributed by atoms with Gasteiger partial charge >= 0.3 is 0 Å². The lowest BCUT2D eigenvalue weighted by atomic mass is 10.2. The number of nitriles is 1. The number of methoxy groups -OCH3 is 1. The summed E-state index contributed by atoms with van der Waals surface area (Å²) < 4.78 is 11.6. The van der Waals surface area contributed by atoms with Gasteiger partial charge in [0.1, 0.15) is 18.4 Å². The Balaban J connectivity index is 2.17. The van der Waals surface area contributed by atoms with Crippen LogP contribution in [-0.4, -0.2) is 12.1 Å². The zero-order valence-electron chi connectivity index (χ0n) is 10.3. The molecule has 0 fully saturated rings. The Morgan fingerprint density at radius 3 is 2.95 bits per heavy atom. The average molecular weight is 319 g/mol. The topological polar surface area (TPSA) is 55.1 Å². The van der Waals surface area contributed by atoms with Crippen molar-refractivity contribution in [3.63, 3.8) is 0 Å². The number of aromatic nitrogens is 1. The molecule has 0 unspecified atom stereocenters. The van der Waals surface area contributed by atoms with Crippen LogP contribution in [0.1, 0.15) is 11.1 Å². The van der Waals surface area contributed by atoms with Crippen LogP contribution in [0.4, 0.5) is 0 Å².